The van der Waals surface area contributed by atoms with Crippen LogP contribution < -0.4 is 10.0 Å². The zero-order valence-electron chi connectivity index (χ0n) is 11.0. The van der Waals surface area contributed by atoms with Crippen molar-refractivity contribution in [3.8, 4) is 0 Å². The van der Waals surface area contributed by atoms with Gasteiger partial charge in [-0.3, -0.25) is 0 Å². The van der Waals surface area contributed by atoms with Crippen molar-refractivity contribution >= 4 is 10.0 Å². The fourth-order valence-electron chi connectivity index (χ4n) is 1.98. The van der Waals surface area contributed by atoms with Gasteiger partial charge in [0.15, 0.2) is 0 Å². The van der Waals surface area contributed by atoms with Crippen LogP contribution in [0.3, 0.4) is 0 Å². The molecule has 4 nitrogen and oxygen atoms in total. The highest BCUT2D eigenvalue weighted by atomic mass is 32.2. The van der Waals surface area contributed by atoms with Gasteiger partial charge in [0.2, 0.25) is 10.0 Å². The first-order valence-corrected chi connectivity index (χ1v) is 8.36. The van der Waals surface area contributed by atoms with Crippen LogP contribution in [0, 0.1) is 11.8 Å². The van der Waals surface area contributed by atoms with Crippen molar-refractivity contribution in [3.63, 3.8) is 0 Å². The predicted molar refractivity (Wildman–Crippen MR) is 71.5 cm³/mol. The largest absolute Gasteiger partial charge is 0.317 e. The summed E-state index contributed by atoms with van der Waals surface area (Å²) < 4.78 is 26.2. The van der Waals surface area contributed by atoms with E-state index in [4.69, 9.17) is 0 Å². The van der Waals surface area contributed by atoms with Gasteiger partial charge in [-0.1, -0.05) is 20.3 Å². The van der Waals surface area contributed by atoms with Crippen LogP contribution in [0.15, 0.2) is 0 Å². The van der Waals surface area contributed by atoms with Crippen molar-refractivity contribution in [3.05, 3.63) is 0 Å². The van der Waals surface area contributed by atoms with Gasteiger partial charge < -0.3 is 5.32 Å². The van der Waals surface area contributed by atoms with Crippen molar-refractivity contribution in [2.75, 3.05) is 25.4 Å². The molecule has 1 aliphatic rings. The monoisotopic (exact) mass is 262 g/mol. The number of hydrogen-bond donors (Lipinski definition) is 2. The average Bonchev–Trinajstić information content (AvgIpc) is 2.35. The summed E-state index contributed by atoms with van der Waals surface area (Å²) in [6, 6.07) is 0. The van der Waals surface area contributed by atoms with Gasteiger partial charge in [0.05, 0.1) is 5.75 Å². The van der Waals surface area contributed by atoms with Gasteiger partial charge in [-0.25, -0.2) is 13.1 Å². The summed E-state index contributed by atoms with van der Waals surface area (Å²) >= 11 is 0. The van der Waals surface area contributed by atoms with E-state index in [2.05, 4.69) is 23.9 Å². The molecule has 2 N–H and O–H groups in total. The van der Waals surface area contributed by atoms with Gasteiger partial charge >= 0.3 is 0 Å². The highest BCUT2D eigenvalue weighted by Crippen LogP contribution is 2.16. The summed E-state index contributed by atoms with van der Waals surface area (Å²) in [4.78, 5) is 0. The molecule has 1 saturated heterocycles. The molecule has 1 unspecified atom stereocenters. The topological polar surface area (TPSA) is 58.2 Å². The van der Waals surface area contributed by atoms with Gasteiger partial charge in [-0.15, -0.1) is 0 Å². The van der Waals surface area contributed by atoms with Crippen LogP contribution >= 0.6 is 0 Å². The number of piperidine rings is 1. The lowest BCUT2D eigenvalue weighted by Crippen LogP contribution is -2.33. The maximum absolute atomic E-state index is 11.8. The first-order chi connectivity index (χ1) is 8.03. The predicted octanol–water partition coefficient (Wildman–Crippen LogP) is 1.34. The highest BCUT2D eigenvalue weighted by molar-refractivity contribution is 7.89. The normalized spacial score (nSPS) is 20.4. The van der Waals surface area contributed by atoms with Crippen molar-refractivity contribution in [1.29, 1.82) is 0 Å². The average molecular weight is 262 g/mol. The minimum atomic E-state index is -3.06. The molecule has 17 heavy (non-hydrogen) atoms. The molecule has 0 radical (unpaired) electrons. The van der Waals surface area contributed by atoms with E-state index in [-0.39, 0.29) is 5.75 Å². The lowest BCUT2D eigenvalue weighted by Gasteiger charge is -2.22. The Kier molecular flexibility index (Phi) is 6.44. The third-order valence-electron chi connectivity index (χ3n) is 3.60. The molecule has 0 aromatic rings. The first kappa shape index (κ1) is 14.9. The third kappa shape index (κ3) is 6.38. The van der Waals surface area contributed by atoms with E-state index in [9.17, 15) is 8.42 Å². The molecule has 0 amide bonds. The Labute approximate surface area is 106 Å². The Morgan fingerprint density at radius 3 is 2.59 bits per heavy atom. The van der Waals surface area contributed by atoms with Crippen LogP contribution in [-0.2, 0) is 10.0 Å². The summed E-state index contributed by atoms with van der Waals surface area (Å²) in [6.07, 6.45) is 4.04. The Hall–Kier alpha value is -0.130. The van der Waals surface area contributed by atoms with Gasteiger partial charge in [-0.2, -0.15) is 0 Å². The van der Waals surface area contributed by atoms with Gasteiger partial charge in [-0.05, 0) is 44.2 Å². The molecule has 0 saturated carbocycles. The maximum Gasteiger partial charge on any atom is 0.211 e. The molecule has 1 aliphatic heterocycles. The second kappa shape index (κ2) is 7.34. The Morgan fingerprint density at radius 1 is 1.35 bits per heavy atom. The molecule has 5 heteroatoms. The second-order valence-corrected chi connectivity index (χ2v) is 7.09. The summed E-state index contributed by atoms with van der Waals surface area (Å²) in [5.41, 5.74) is 0. The summed E-state index contributed by atoms with van der Waals surface area (Å²) in [5.74, 6) is 1.29. The van der Waals surface area contributed by atoms with Crippen LogP contribution in [0.1, 0.15) is 39.5 Å². The fourth-order valence-corrected chi connectivity index (χ4v) is 3.30. The molecule has 0 bridgehead atoms. The van der Waals surface area contributed by atoms with Crippen molar-refractivity contribution in [2.24, 2.45) is 11.8 Å². The molecular formula is C12H26N2O2S. The Morgan fingerprint density at radius 2 is 2.00 bits per heavy atom. The second-order valence-electron chi connectivity index (χ2n) is 5.16. The standard InChI is InChI=1S/C12H26N2O2S/c1-3-11(2)10-14-17(15,16)9-6-12-4-7-13-8-5-12/h11-14H,3-10H2,1-2H3. The number of nitrogens with one attached hydrogen (secondary N) is 2. The molecule has 1 atom stereocenters. The van der Waals surface area contributed by atoms with Gasteiger partial charge in [0.1, 0.15) is 0 Å². The Balaban J connectivity index is 2.23. The van der Waals surface area contributed by atoms with Crippen LogP contribution in [0.2, 0.25) is 0 Å². The van der Waals surface area contributed by atoms with Crippen molar-refractivity contribution in [1.82, 2.24) is 10.0 Å². The van der Waals surface area contributed by atoms with E-state index in [0.29, 0.717) is 18.4 Å². The molecular weight excluding hydrogens is 236 g/mol. The minimum Gasteiger partial charge on any atom is -0.317 e. The van der Waals surface area contributed by atoms with Crippen LogP contribution in [0.5, 0.6) is 0 Å². The molecule has 0 aliphatic carbocycles. The summed E-state index contributed by atoms with van der Waals surface area (Å²) in [7, 11) is -3.06. The number of sulfonamides is 1. The van der Waals surface area contributed by atoms with Gasteiger partial charge in [0, 0.05) is 6.54 Å². The van der Waals surface area contributed by atoms with Crippen LogP contribution in [0.25, 0.3) is 0 Å². The zero-order valence-corrected chi connectivity index (χ0v) is 11.9. The number of rotatable bonds is 7. The lowest BCUT2D eigenvalue weighted by atomic mass is 9.96. The van der Waals surface area contributed by atoms with E-state index in [1.807, 2.05) is 0 Å². The van der Waals surface area contributed by atoms with E-state index < -0.39 is 10.0 Å². The smallest absolute Gasteiger partial charge is 0.211 e. The fraction of sp³-hybridized carbons (Fsp3) is 1.00. The third-order valence-corrected chi connectivity index (χ3v) is 4.98. The molecule has 102 valence electrons. The molecule has 1 heterocycles. The highest BCUT2D eigenvalue weighted by Gasteiger charge is 2.17. The lowest BCUT2D eigenvalue weighted by molar-refractivity contribution is 0.365. The molecule has 0 aromatic heterocycles. The quantitative estimate of drug-likeness (QED) is 0.728. The van der Waals surface area contributed by atoms with Gasteiger partial charge in [0.25, 0.3) is 0 Å². The molecule has 1 rings (SSSR count). The summed E-state index contributed by atoms with van der Waals surface area (Å²) in [6.45, 7) is 6.78. The molecule has 1 fully saturated rings. The van der Waals surface area contributed by atoms with E-state index in [1.54, 1.807) is 0 Å². The SMILES string of the molecule is CCC(C)CNS(=O)(=O)CCC1CCNCC1. The van der Waals surface area contributed by atoms with Crippen LogP contribution in [0.4, 0.5) is 0 Å². The van der Waals surface area contributed by atoms with E-state index in [0.717, 1.165) is 38.8 Å². The minimum absolute atomic E-state index is 0.286. The first-order valence-electron chi connectivity index (χ1n) is 6.71. The maximum atomic E-state index is 11.8. The van der Waals surface area contributed by atoms with E-state index in [1.165, 1.54) is 0 Å². The summed E-state index contributed by atoms with van der Waals surface area (Å²) in [5, 5.41) is 3.29. The van der Waals surface area contributed by atoms with Crippen molar-refractivity contribution < 1.29 is 8.42 Å². The molecule has 0 spiro atoms. The van der Waals surface area contributed by atoms with Crippen LogP contribution in [-0.4, -0.2) is 33.8 Å². The Bertz CT molecular complexity index is 298. The van der Waals surface area contributed by atoms with Crippen molar-refractivity contribution in [2.45, 2.75) is 39.5 Å². The zero-order chi connectivity index (χ0) is 12.7. The van der Waals surface area contributed by atoms with E-state index >= 15 is 0 Å². The molecule has 0 aromatic carbocycles. The number of hydrogen-bond acceptors (Lipinski definition) is 3.